The first-order chi connectivity index (χ1) is 10.1. The van der Waals surface area contributed by atoms with Gasteiger partial charge in [0.25, 0.3) is 0 Å². The van der Waals surface area contributed by atoms with Crippen molar-refractivity contribution in [1.29, 1.82) is 0 Å². The molecular weight excluding hydrogens is 262 g/mol. The SMILES string of the molecule is CCOc1cccc(NC(C)c2ccc(C)cc2OC)c1. The molecular formula is C18H23NO2. The summed E-state index contributed by atoms with van der Waals surface area (Å²) in [4.78, 5) is 0. The Bertz CT molecular complexity index is 596. The van der Waals surface area contributed by atoms with Crippen molar-refractivity contribution in [3.63, 3.8) is 0 Å². The Morgan fingerprint density at radius 2 is 1.95 bits per heavy atom. The summed E-state index contributed by atoms with van der Waals surface area (Å²) in [6, 6.07) is 14.4. The summed E-state index contributed by atoms with van der Waals surface area (Å²) in [6.45, 7) is 6.85. The first kappa shape index (κ1) is 15.2. The van der Waals surface area contributed by atoms with Gasteiger partial charge in [0.1, 0.15) is 11.5 Å². The Labute approximate surface area is 126 Å². The second-order valence-electron chi connectivity index (χ2n) is 5.07. The third-order valence-corrected chi connectivity index (χ3v) is 3.38. The molecule has 0 aliphatic carbocycles. The maximum Gasteiger partial charge on any atom is 0.124 e. The molecule has 0 aliphatic heterocycles. The monoisotopic (exact) mass is 285 g/mol. The molecule has 0 aliphatic rings. The zero-order valence-electron chi connectivity index (χ0n) is 13.1. The van der Waals surface area contributed by atoms with Crippen molar-refractivity contribution in [1.82, 2.24) is 0 Å². The minimum Gasteiger partial charge on any atom is -0.496 e. The van der Waals surface area contributed by atoms with E-state index < -0.39 is 0 Å². The van der Waals surface area contributed by atoms with Crippen LogP contribution in [-0.4, -0.2) is 13.7 Å². The van der Waals surface area contributed by atoms with E-state index in [1.54, 1.807) is 7.11 Å². The summed E-state index contributed by atoms with van der Waals surface area (Å²) in [6.07, 6.45) is 0. The van der Waals surface area contributed by atoms with E-state index in [0.717, 1.165) is 22.7 Å². The fraction of sp³-hybridized carbons (Fsp3) is 0.333. The van der Waals surface area contributed by atoms with E-state index in [-0.39, 0.29) is 6.04 Å². The average Bonchev–Trinajstić information content (AvgIpc) is 2.47. The van der Waals surface area contributed by atoms with Gasteiger partial charge in [-0.3, -0.25) is 0 Å². The molecule has 0 spiro atoms. The second-order valence-corrected chi connectivity index (χ2v) is 5.07. The molecule has 0 aromatic heterocycles. The van der Waals surface area contributed by atoms with Gasteiger partial charge in [0.2, 0.25) is 0 Å². The van der Waals surface area contributed by atoms with Crippen molar-refractivity contribution in [2.45, 2.75) is 26.8 Å². The van der Waals surface area contributed by atoms with Crippen molar-refractivity contribution in [2.75, 3.05) is 19.0 Å². The number of methoxy groups -OCH3 is 1. The lowest BCUT2D eigenvalue weighted by Gasteiger charge is -2.19. The molecule has 2 aromatic carbocycles. The molecule has 0 bridgehead atoms. The topological polar surface area (TPSA) is 30.5 Å². The first-order valence-corrected chi connectivity index (χ1v) is 7.28. The van der Waals surface area contributed by atoms with Gasteiger partial charge in [0.15, 0.2) is 0 Å². The molecule has 0 fully saturated rings. The van der Waals surface area contributed by atoms with Crippen LogP contribution >= 0.6 is 0 Å². The molecule has 1 unspecified atom stereocenters. The Kier molecular flexibility index (Phi) is 5.09. The molecule has 3 heteroatoms. The molecule has 0 heterocycles. The van der Waals surface area contributed by atoms with Crippen LogP contribution in [-0.2, 0) is 0 Å². The number of aryl methyl sites for hydroxylation is 1. The predicted octanol–water partition coefficient (Wildman–Crippen LogP) is 4.58. The van der Waals surface area contributed by atoms with Gasteiger partial charge in [-0.15, -0.1) is 0 Å². The number of nitrogens with one attached hydrogen (secondary N) is 1. The van der Waals surface area contributed by atoms with Gasteiger partial charge in [-0.2, -0.15) is 0 Å². The van der Waals surface area contributed by atoms with E-state index in [1.807, 2.05) is 31.2 Å². The van der Waals surface area contributed by atoms with Gasteiger partial charge in [-0.1, -0.05) is 18.2 Å². The zero-order chi connectivity index (χ0) is 15.2. The van der Waals surface area contributed by atoms with Crippen LogP contribution < -0.4 is 14.8 Å². The van der Waals surface area contributed by atoms with E-state index in [4.69, 9.17) is 9.47 Å². The second kappa shape index (κ2) is 7.02. The van der Waals surface area contributed by atoms with Crippen molar-refractivity contribution in [3.8, 4) is 11.5 Å². The molecule has 112 valence electrons. The maximum absolute atomic E-state index is 5.53. The van der Waals surface area contributed by atoms with Crippen molar-refractivity contribution >= 4 is 5.69 Å². The standard InChI is InChI=1S/C18H23NO2/c1-5-21-16-8-6-7-15(12-16)19-14(3)17-10-9-13(2)11-18(17)20-4/h6-12,14,19H,5H2,1-4H3. The normalized spacial score (nSPS) is 11.8. The summed E-state index contributed by atoms with van der Waals surface area (Å²) in [5.74, 6) is 1.79. The van der Waals surface area contributed by atoms with Crippen LogP contribution in [0.15, 0.2) is 42.5 Å². The highest BCUT2D eigenvalue weighted by Gasteiger charge is 2.11. The predicted molar refractivity (Wildman–Crippen MR) is 87.4 cm³/mol. The minimum atomic E-state index is 0.150. The van der Waals surface area contributed by atoms with Gasteiger partial charge >= 0.3 is 0 Å². The van der Waals surface area contributed by atoms with Gasteiger partial charge in [0.05, 0.1) is 19.8 Å². The number of hydrogen-bond donors (Lipinski definition) is 1. The summed E-state index contributed by atoms with van der Waals surface area (Å²) in [7, 11) is 1.71. The number of ether oxygens (including phenoxy) is 2. The van der Waals surface area contributed by atoms with Gasteiger partial charge in [0, 0.05) is 17.3 Å². The molecule has 0 amide bonds. The highest BCUT2D eigenvalue weighted by atomic mass is 16.5. The fourth-order valence-corrected chi connectivity index (χ4v) is 2.35. The number of rotatable bonds is 6. The Hall–Kier alpha value is -2.16. The minimum absolute atomic E-state index is 0.150. The number of hydrogen-bond acceptors (Lipinski definition) is 3. The van der Waals surface area contributed by atoms with E-state index in [1.165, 1.54) is 5.56 Å². The number of anilines is 1. The largest absolute Gasteiger partial charge is 0.496 e. The highest BCUT2D eigenvalue weighted by Crippen LogP contribution is 2.29. The molecule has 0 radical (unpaired) electrons. The molecule has 2 aromatic rings. The summed E-state index contributed by atoms with van der Waals surface area (Å²) < 4.78 is 11.0. The summed E-state index contributed by atoms with van der Waals surface area (Å²) in [5.41, 5.74) is 3.38. The van der Waals surface area contributed by atoms with Gasteiger partial charge in [-0.05, 0) is 44.5 Å². The van der Waals surface area contributed by atoms with E-state index in [0.29, 0.717) is 6.61 Å². The smallest absolute Gasteiger partial charge is 0.124 e. The molecule has 0 saturated carbocycles. The zero-order valence-corrected chi connectivity index (χ0v) is 13.1. The summed E-state index contributed by atoms with van der Waals surface area (Å²) in [5, 5.41) is 3.49. The highest BCUT2D eigenvalue weighted by molar-refractivity contribution is 5.51. The van der Waals surface area contributed by atoms with E-state index in [2.05, 4.69) is 37.4 Å². The molecule has 0 saturated heterocycles. The molecule has 3 nitrogen and oxygen atoms in total. The number of benzene rings is 2. The van der Waals surface area contributed by atoms with Crippen molar-refractivity contribution in [2.24, 2.45) is 0 Å². The van der Waals surface area contributed by atoms with E-state index >= 15 is 0 Å². The lowest BCUT2D eigenvalue weighted by Crippen LogP contribution is -2.08. The lowest BCUT2D eigenvalue weighted by atomic mass is 10.0. The molecule has 1 N–H and O–H groups in total. The van der Waals surface area contributed by atoms with Crippen LogP contribution in [0.5, 0.6) is 11.5 Å². The lowest BCUT2D eigenvalue weighted by molar-refractivity contribution is 0.340. The van der Waals surface area contributed by atoms with Crippen molar-refractivity contribution in [3.05, 3.63) is 53.6 Å². The van der Waals surface area contributed by atoms with Crippen LogP contribution in [0.25, 0.3) is 0 Å². The van der Waals surface area contributed by atoms with E-state index in [9.17, 15) is 0 Å². The third-order valence-electron chi connectivity index (χ3n) is 3.38. The molecule has 21 heavy (non-hydrogen) atoms. The van der Waals surface area contributed by atoms with Crippen LogP contribution in [0, 0.1) is 6.92 Å². The summed E-state index contributed by atoms with van der Waals surface area (Å²) >= 11 is 0. The average molecular weight is 285 g/mol. The van der Waals surface area contributed by atoms with Gasteiger partial charge < -0.3 is 14.8 Å². The van der Waals surface area contributed by atoms with Crippen LogP contribution in [0.4, 0.5) is 5.69 Å². The molecule has 2 rings (SSSR count). The van der Waals surface area contributed by atoms with Crippen LogP contribution in [0.1, 0.15) is 31.0 Å². The quantitative estimate of drug-likeness (QED) is 0.843. The third kappa shape index (κ3) is 3.91. The molecule has 1 atom stereocenters. The maximum atomic E-state index is 5.53. The van der Waals surface area contributed by atoms with Crippen LogP contribution in [0.3, 0.4) is 0 Å². The van der Waals surface area contributed by atoms with Crippen molar-refractivity contribution < 1.29 is 9.47 Å². The Morgan fingerprint density at radius 3 is 2.67 bits per heavy atom. The first-order valence-electron chi connectivity index (χ1n) is 7.28. The van der Waals surface area contributed by atoms with Crippen LogP contribution in [0.2, 0.25) is 0 Å². The van der Waals surface area contributed by atoms with Gasteiger partial charge in [-0.25, -0.2) is 0 Å². The Morgan fingerprint density at radius 1 is 1.14 bits per heavy atom. The fourth-order valence-electron chi connectivity index (χ4n) is 2.35. The Balaban J connectivity index is 2.17.